The largest absolute Gasteiger partial charge is 0.313 e. The summed E-state index contributed by atoms with van der Waals surface area (Å²) < 4.78 is 27.5. The van der Waals surface area contributed by atoms with Gasteiger partial charge in [0.15, 0.2) is 0 Å². The molecule has 2 N–H and O–H groups in total. The Kier molecular flexibility index (Phi) is 4.74. The zero-order valence-corrected chi connectivity index (χ0v) is 13.4. The summed E-state index contributed by atoms with van der Waals surface area (Å²) >= 11 is 6.05. The van der Waals surface area contributed by atoms with Crippen LogP contribution in [0.3, 0.4) is 0 Å². The van der Waals surface area contributed by atoms with Gasteiger partial charge in [-0.05, 0) is 50.4 Å². The third kappa shape index (κ3) is 3.95. The van der Waals surface area contributed by atoms with Crippen LogP contribution >= 0.6 is 11.6 Å². The lowest BCUT2D eigenvalue weighted by Crippen LogP contribution is -2.34. The van der Waals surface area contributed by atoms with E-state index in [9.17, 15) is 8.42 Å². The van der Waals surface area contributed by atoms with Crippen LogP contribution in [0.4, 0.5) is 0 Å². The molecule has 1 aromatic carbocycles. The monoisotopic (exact) mass is 316 g/mol. The highest BCUT2D eigenvalue weighted by Crippen LogP contribution is 2.36. The van der Waals surface area contributed by atoms with Crippen molar-refractivity contribution in [2.24, 2.45) is 0 Å². The van der Waals surface area contributed by atoms with Crippen molar-refractivity contribution in [1.82, 2.24) is 10.0 Å². The molecule has 0 spiro atoms. The average molecular weight is 317 g/mol. The van der Waals surface area contributed by atoms with Crippen molar-refractivity contribution in [3.8, 4) is 0 Å². The Morgan fingerprint density at radius 1 is 1.35 bits per heavy atom. The van der Waals surface area contributed by atoms with Crippen LogP contribution in [0.2, 0.25) is 5.02 Å². The van der Waals surface area contributed by atoms with Gasteiger partial charge in [0.2, 0.25) is 10.0 Å². The number of hydrogen-bond acceptors (Lipinski definition) is 3. The average Bonchev–Trinajstić information content (AvgIpc) is 3.08. The Morgan fingerprint density at radius 2 is 2.05 bits per heavy atom. The Hall–Kier alpha value is -0.620. The van der Waals surface area contributed by atoms with Gasteiger partial charge in [-0.15, -0.1) is 0 Å². The first kappa shape index (κ1) is 15.8. The summed E-state index contributed by atoms with van der Waals surface area (Å²) in [7, 11) is -3.55. The summed E-state index contributed by atoms with van der Waals surface area (Å²) in [5.74, 6) is 0. The molecule has 0 aliphatic heterocycles. The number of halogens is 1. The molecule has 0 bridgehead atoms. The molecule has 1 saturated carbocycles. The maximum Gasteiger partial charge on any atom is 0.242 e. The fourth-order valence-corrected chi connectivity index (χ4v) is 3.96. The molecule has 0 aromatic heterocycles. The molecule has 1 aliphatic carbocycles. The third-order valence-electron chi connectivity index (χ3n) is 3.42. The van der Waals surface area contributed by atoms with Crippen LogP contribution < -0.4 is 10.0 Å². The molecule has 0 unspecified atom stereocenters. The van der Waals surface area contributed by atoms with E-state index in [0.29, 0.717) is 6.54 Å². The highest BCUT2D eigenvalue weighted by molar-refractivity contribution is 7.89. The lowest BCUT2D eigenvalue weighted by atomic mass is 10.2. The molecule has 1 aromatic rings. The molecule has 4 nitrogen and oxygen atoms in total. The van der Waals surface area contributed by atoms with Crippen LogP contribution in [0.1, 0.15) is 38.7 Å². The maximum absolute atomic E-state index is 12.4. The van der Waals surface area contributed by atoms with Gasteiger partial charge in [-0.1, -0.05) is 24.6 Å². The third-order valence-corrected chi connectivity index (χ3v) is 5.54. The van der Waals surface area contributed by atoms with Crippen LogP contribution in [0, 0.1) is 0 Å². The minimum Gasteiger partial charge on any atom is -0.313 e. The fourth-order valence-electron chi connectivity index (χ4n) is 1.94. The molecule has 0 saturated heterocycles. The van der Waals surface area contributed by atoms with Gasteiger partial charge in [0, 0.05) is 12.1 Å². The Morgan fingerprint density at radius 3 is 2.65 bits per heavy atom. The lowest BCUT2D eigenvalue weighted by Gasteiger charge is -2.14. The normalized spacial score (nSPS) is 17.1. The lowest BCUT2D eigenvalue weighted by molar-refractivity contribution is 0.558. The zero-order valence-electron chi connectivity index (χ0n) is 11.9. The van der Waals surface area contributed by atoms with Gasteiger partial charge < -0.3 is 5.32 Å². The maximum atomic E-state index is 12.4. The molecule has 0 radical (unpaired) electrons. The molecular formula is C14H21ClN2O2S. The van der Waals surface area contributed by atoms with Crippen molar-refractivity contribution in [1.29, 1.82) is 0 Å². The molecule has 2 rings (SSSR count). The van der Waals surface area contributed by atoms with Crippen LogP contribution in [0.5, 0.6) is 0 Å². The fraction of sp³-hybridized carbons (Fsp3) is 0.571. The predicted molar refractivity (Wildman–Crippen MR) is 81.4 cm³/mol. The zero-order chi connectivity index (χ0) is 14.8. The van der Waals surface area contributed by atoms with E-state index in [1.54, 1.807) is 12.1 Å². The molecule has 0 amide bonds. The van der Waals surface area contributed by atoms with Crippen molar-refractivity contribution < 1.29 is 8.42 Å². The van der Waals surface area contributed by atoms with Crippen LogP contribution in [-0.2, 0) is 16.6 Å². The van der Waals surface area contributed by atoms with E-state index in [2.05, 4.69) is 17.0 Å². The van der Waals surface area contributed by atoms with Gasteiger partial charge in [-0.25, -0.2) is 13.1 Å². The van der Waals surface area contributed by atoms with E-state index in [0.717, 1.165) is 31.4 Å². The molecular weight excluding hydrogens is 296 g/mol. The molecule has 0 heterocycles. The van der Waals surface area contributed by atoms with Crippen molar-refractivity contribution >= 4 is 21.6 Å². The van der Waals surface area contributed by atoms with Gasteiger partial charge in [-0.3, -0.25) is 0 Å². The number of rotatable bonds is 7. The summed E-state index contributed by atoms with van der Waals surface area (Å²) in [4.78, 5) is 0.170. The first-order valence-corrected chi connectivity index (χ1v) is 8.75. The molecule has 0 atom stereocenters. The first-order valence-electron chi connectivity index (χ1n) is 6.89. The SMILES string of the molecule is CCCNCc1ccc(Cl)c(S(=O)(=O)NC2(C)CC2)c1. The summed E-state index contributed by atoms with van der Waals surface area (Å²) in [5, 5.41) is 3.52. The number of sulfonamides is 1. The Bertz CT molecular complexity index is 583. The Balaban J connectivity index is 2.19. The Labute approximate surface area is 126 Å². The smallest absolute Gasteiger partial charge is 0.242 e. The molecule has 1 aliphatic rings. The number of nitrogens with one attached hydrogen (secondary N) is 2. The van der Waals surface area contributed by atoms with Crippen molar-refractivity contribution in [3.63, 3.8) is 0 Å². The summed E-state index contributed by atoms with van der Waals surface area (Å²) in [6.45, 7) is 5.54. The highest BCUT2D eigenvalue weighted by atomic mass is 35.5. The van der Waals surface area contributed by atoms with Crippen LogP contribution in [-0.4, -0.2) is 20.5 Å². The van der Waals surface area contributed by atoms with Gasteiger partial charge in [0.1, 0.15) is 4.90 Å². The summed E-state index contributed by atoms with van der Waals surface area (Å²) in [5.41, 5.74) is 0.628. The van der Waals surface area contributed by atoms with Crippen LogP contribution in [0.15, 0.2) is 23.1 Å². The highest BCUT2D eigenvalue weighted by Gasteiger charge is 2.41. The van der Waals surface area contributed by atoms with Gasteiger partial charge >= 0.3 is 0 Å². The topological polar surface area (TPSA) is 58.2 Å². The van der Waals surface area contributed by atoms with Crippen molar-refractivity contribution in [2.75, 3.05) is 6.54 Å². The first-order chi connectivity index (χ1) is 9.36. The molecule has 112 valence electrons. The van der Waals surface area contributed by atoms with Gasteiger partial charge in [0.05, 0.1) is 5.02 Å². The van der Waals surface area contributed by atoms with Gasteiger partial charge in [0.25, 0.3) is 0 Å². The minimum absolute atomic E-state index is 0.170. The van der Waals surface area contributed by atoms with Crippen molar-refractivity contribution in [3.05, 3.63) is 28.8 Å². The van der Waals surface area contributed by atoms with Gasteiger partial charge in [-0.2, -0.15) is 0 Å². The molecule has 20 heavy (non-hydrogen) atoms. The van der Waals surface area contributed by atoms with E-state index in [1.807, 2.05) is 13.0 Å². The van der Waals surface area contributed by atoms with E-state index >= 15 is 0 Å². The van der Waals surface area contributed by atoms with E-state index in [4.69, 9.17) is 11.6 Å². The molecule has 6 heteroatoms. The van der Waals surface area contributed by atoms with E-state index in [-0.39, 0.29) is 15.5 Å². The quantitative estimate of drug-likeness (QED) is 0.760. The second-order valence-electron chi connectivity index (χ2n) is 5.61. The van der Waals surface area contributed by atoms with E-state index < -0.39 is 10.0 Å². The van der Waals surface area contributed by atoms with Crippen molar-refractivity contribution in [2.45, 2.75) is 50.1 Å². The second-order valence-corrected chi connectivity index (χ2v) is 7.67. The number of hydrogen-bond donors (Lipinski definition) is 2. The standard InChI is InChI=1S/C14H21ClN2O2S/c1-3-8-16-10-11-4-5-12(15)13(9-11)20(18,19)17-14(2)6-7-14/h4-5,9,16-17H,3,6-8,10H2,1-2H3. The molecule has 1 fully saturated rings. The minimum atomic E-state index is -3.55. The van der Waals surface area contributed by atoms with Crippen LogP contribution in [0.25, 0.3) is 0 Å². The second kappa shape index (κ2) is 6.02. The van der Waals surface area contributed by atoms with E-state index in [1.165, 1.54) is 0 Å². The number of benzene rings is 1. The summed E-state index contributed by atoms with van der Waals surface area (Å²) in [6, 6.07) is 5.15. The predicted octanol–water partition coefficient (Wildman–Crippen LogP) is 2.67. The summed E-state index contributed by atoms with van der Waals surface area (Å²) in [6.07, 6.45) is 2.79.